The molecule has 1 aliphatic heterocycles. The number of halogens is 1. The molecule has 0 bridgehead atoms. The third-order valence-corrected chi connectivity index (χ3v) is 6.87. The summed E-state index contributed by atoms with van der Waals surface area (Å²) in [5, 5.41) is 0.111. The van der Waals surface area contributed by atoms with Crippen LogP contribution in [0.2, 0.25) is 5.02 Å². The van der Waals surface area contributed by atoms with Gasteiger partial charge in [0, 0.05) is 13.1 Å². The number of carbonyl (C=O) groups is 1. The lowest BCUT2D eigenvalue weighted by molar-refractivity contribution is 0.0450. The summed E-state index contributed by atoms with van der Waals surface area (Å²) < 4.78 is 48.4. The first kappa shape index (κ1) is 24.3. The molecular weight excluding hydrogens is 458 g/mol. The highest BCUT2D eigenvalue weighted by Gasteiger charge is 2.27. The maximum Gasteiger partial charge on any atom is 0.339 e. The molecule has 1 heterocycles. The number of hydrogen-bond acceptors (Lipinski definition) is 7. The van der Waals surface area contributed by atoms with E-state index >= 15 is 0 Å². The normalized spacial score (nSPS) is 14.7. The van der Waals surface area contributed by atoms with Crippen LogP contribution in [0.3, 0.4) is 0 Å². The maximum atomic E-state index is 12.8. The molecule has 10 heteroatoms. The molecular formula is C22H26ClNO7S. The predicted molar refractivity (Wildman–Crippen MR) is 119 cm³/mol. The van der Waals surface area contributed by atoms with Crippen molar-refractivity contribution in [3.05, 3.63) is 53.1 Å². The average molecular weight is 484 g/mol. The van der Waals surface area contributed by atoms with Gasteiger partial charge in [0.25, 0.3) is 0 Å². The van der Waals surface area contributed by atoms with Gasteiger partial charge in [-0.2, -0.15) is 4.31 Å². The summed E-state index contributed by atoms with van der Waals surface area (Å²) in [4.78, 5) is 12.5. The molecule has 174 valence electrons. The van der Waals surface area contributed by atoms with Gasteiger partial charge in [-0.05, 0) is 48.9 Å². The second kappa shape index (κ2) is 11.5. The summed E-state index contributed by atoms with van der Waals surface area (Å²) >= 11 is 6.11. The van der Waals surface area contributed by atoms with Gasteiger partial charge in [0.1, 0.15) is 24.7 Å². The van der Waals surface area contributed by atoms with E-state index in [9.17, 15) is 13.2 Å². The number of carbonyl (C=O) groups excluding carboxylic acids is 1. The quantitative estimate of drug-likeness (QED) is 0.378. The van der Waals surface area contributed by atoms with E-state index in [0.717, 1.165) is 12.2 Å². The molecule has 0 N–H and O–H groups in total. The second-order valence-electron chi connectivity index (χ2n) is 6.96. The number of ether oxygens (including phenoxy) is 4. The molecule has 1 fully saturated rings. The fraction of sp³-hybridized carbons (Fsp3) is 0.409. The van der Waals surface area contributed by atoms with Gasteiger partial charge in [0.05, 0.1) is 35.3 Å². The van der Waals surface area contributed by atoms with Crippen molar-refractivity contribution in [2.45, 2.75) is 18.2 Å². The summed E-state index contributed by atoms with van der Waals surface area (Å²) in [5.41, 5.74) is -0.0153. The minimum absolute atomic E-state index is 0.0153. The lowest BCUT2D eigenvalue weighted by atomic mass is 10.2. The van der Waals surface area contributed by atoms with E-state index in [2.05, 4.69) is 0 Å². The monoisotopic (exact) mass is 483 g/mol. The molecule has 0 spiro atoms. The predicted octanol–water partition coefficient (Wildman–Crippen LogP) is 3.39. The number of morpholine rings is 1. The molecule has 0 aliphatic carbocycles. The largest absolute Gasteiger partial charge is 0.494 e. The molecule has 2 aromatic rings. The first-order valence-corrected chi connectivity index (χ1v) is 12.1. The van der Waals surface area contributed by atoms with E-state index in [4.69, 9.17) is 30.5 Å². The van der Waals surface area contributed by atoms with Crippen molar-refractivity contribution in [1.82, 2.24) is 4.31 Å². The van der Waals surface area contributed by atoms with Crippen LogP contribution in [-0.2, 0) is 19.5 Å². The molecule has 0 aromatic heterocycles. The molecule has 0 atom stereocenters. The highest BCUT2D eigenvalue weighted by atomic mass is 35.5. The molecule has 0 saturated carbocycles. The molecule has 8 nitrogen and oxygen atoms in total. The van der Waals surface area contributed by atoms with Gasteiger partial charge < -0.3 is 18.9 Å². The third kappa shape index (κ3) is 6.35. The first-order chi connectivity index (χ1) is 15.4. The van der Waals surface area contributed by atoms with E-state index in [-0.39, 0.29) is 41.8 Å². The van der Waals surface area contributed by atoms with Crippen LogP contribution >= 0.6 is 11.6 Å². The summed E-state index contributed by atoms with van der Waals surface area (Å²) in [6.45, 7) is 3.96. The Kier molecular flexibility index (Phi) is 8.75. The molecule has 1 saturated heterocycles. The van der Waals surface area contributed by atoms with E-state index in [0.29, 0.717) is 25.6 Å². The van der Waals surface area contributed by atoms with E-state index in [1.54, 1.807) is 24.3 Å². The Bertz CT molecular complexity index is 1010. The van der Waals surface area contributed by atoms with Gasteiger partial charge in [0.15, 0.2) is 0 Å². The molecule has 3 rings (SSSR count). The molecule has 0 amide bonds. The number of hydrogen-bond donors (Lipinski definition) is 0. The zero-order chi connectivity index (χ0) is 23.0. The Hall–Kier alpha value is -2.33. The third-order valence-electron chi connectivity index (χ3n) is 4.65. The minimum atomic E-state index is -3.75. The number of sulfonamides is 1. The van der Waals surface area contributed by atoms with Gasteiger partial charge in [-0.15, -0.1) is 0 Å². The van der Waals surface area contributed by atoms with Crippen molar-refractivity contribution in [1.29, 1.82) is 0 Å². The Labute approximate surface area is 193 Å². The van der Waals surface area contributed by atoms with Crippen molar-refractivity contribution in [2.75, 3.05) is 46.1 Å². The molecule has 0 radical (unpaired) electrons. The van der Waals surface area contributed by atoms with Crippen molar-refractivity contribution in [3.63, 3.8) is 0 Å². The fourth-order valence-corrected chi connectivity index (χ4v) is 4.61. The van der Waals surface area contributed by atoms with E-state index in [1.807, 2.05) is 6.92 Å². The zero-order valence-corrected chi connectivity index (χ0v) is 19.4. The molecule has 1 aliphatic rings. The van der Waals surface area contributed by atoms with Gasteiger partial charge in [-0.1, -0.05) is 18.5 Å². The highest BCUT2D eigenvalue weighted by Crippen LogP contribution is 2.24. The topological polar surface area (TPSA) is 91.4 Å². The van der Waals surface area contributed by atoms with Gasteiger partial charge >= 0.3 is 5.97 Å². The number of nitrogens with zero attached hydrogens (tertiary/aromatic N) is 1. The van der Waals surface area contributed by atoms with Crippen LogP contribution in [0.4, 0.5) is 0 Å². The smallest absolute Gasteiger partial charge is 0.339 e. The Morgan fingerprint density at radius 3 is 2.25 bits per heavy atom. The second-order valence-corrected chi connectivity index (χ2v) is 9.31. The lowest BCUT2D eigenvalue weighted by Crippen LogP contribution is -2.40. The highest BCUT2D eigenvalue weighted by molar-refractivity contribution is 7.89. The number of rotatable bonds is 10. The maximum absolute atomic E-state index is 12.8. The Morgan fingerprint density at radius 1 is 1.00 bits per heavy atom. The van der Waals surface area contributed by atoms with Crippen LogP contribution in [-0.4, -0.2) is 64.8 Å². The standard InChI is InChI=1S/C22H26ClNO7S/c1-2-11-29-17-3-5-18(6-4-17)30-14-15-31-22(25)20-16-19(7-8-21(20)23)32(26,27)24-9-12-28-13-10-24/h3-8,16H,2,9-15H2,1H3. The fourth-order valence-electron chi connectivity index (χ4n) is 2.98. The van der Waals surface area contributed by atoms with Crippen molar-refractivity contribution < 1.29 is 32.2 Å². The molecule has 2 aromatic carbocycles. The molecule has 0 unspecified atom stereocenters. The average Bonchev–Trinajstić information content (AvgIpc) is 2.82. The summed E-state index contributed by atoms with van der Waals surface area (Å²) in [6.07, 6.45) is 0.926. The Balaban J connectivity index is 1.55. The zero-order valence-electron chi connectivity index (χ0n) is 17.8. The summed E-state index contributed by atoms with van der Waals surface area (Å²) in [5.74, 6) is 0.648. The van der Waals surface area contributed by atoms with Crippen LogP contribution in [0.1, 0.15) is 23.7 Å². The van der Waals surface area contributed by atoms with Crippen LogP contribution in [0.15, 0.2) is 47.4 Å². The van der Waals surface area contributed by atoms with E-state index < -0.39 is 16.0 Å². The molecule has 32 heavy (non-hydrogen) atoms. The number of esters is 1. The van der Waals surface area contributed by atoms with Crippen molar-refractivity contribution >= 4 is 27.6 Å². The van der Waals surface area contributed by atoms with Crippen LogP contribution in [0.5, 0.6) is 11.5 Å². The summed E-state index contributed by atoms with van der Waals surface area (Å²) in [7, 11) is -3.75. The van der Waals surface area contributed by atoms with E-state index in [1.165, 1.54) is 22.5 Å². The van der Waals surface area contributed by atoms with Gasteiger partial charge in [-0.25, -0.2) is 13.2 Å². The van der Waals surface area contributed by atoms with Crippen LogP contribution in [0.25, 0.3) is 0 Å². The number of benzene rings is 2. The van der Waals surface area contributed by atoms with Gasteiger partial charge in [0.2, 0.25) is 10.0 Å². The minimum Gasteiger partial charge on any atom is -0.494 e. The summed E-state index contributed by atoms with van der Waals surface area (Å²) in [6, 6.07) is 11.1. The lowest BCUT2D eigenvalue weighted by Gasteiger charge is -2.26. The first-order valence-electron chi connectivity index (χ1n) is 10.3. The van der Waals surface area contributed by atoms with Crippen molar-refractivity contribution in [2.24, 2.45) is 0 Å². The SMILES string of the molecule is CCCOc1ccc(OCCOC(=O)c2cc(S(=O)(=O)N3CCOCC3)ccc2Cl)cc1. The van der Waals surface area contributed by atoms with Gasteiger partial charge in [-0.3, -0.25) is 0 Å². The van der Waals surface area contributed by atoms with Crippen LogP contribution in [0, 0.1) is 0 Å². The van der Waals surface area contributed by atoms with Crippen molar-refractivity contribution in [3.8, 4) is 11.5 Å². The Morgan fingerprint density at radius 2 is 1.62 bits per heavy atom. The van der Waals surface area contributed by atoms with Crippen LogP contribution < -0.4 is 9.47 Å².